The number of aryl methyl sites for hydroxylation is 1. The summed E-state index contributed by atoms with van der Waals surface area (Å²) in [5.41, 5.74) is 2.71. The number of ether oxygens (including phenoxy) is 1. The van der Waals surface area contributed by atoms with E-state index in [4.69, 9.17) is 4.74 Å². The molecule has 0 saturated carbocycles. The van der Waals surface area contributed by atoms with Crippen LogP contribution >= 0.6 is 0 Å². The Labute approximate surface area is 132 Å². The molecule has 0 aliphatic heterocycles. The Kier molecular flexibility index (Phi) is 4.86. The van der Waals surface area contributed by atoms with Gasteiger partial charge in [-0.3, -0.25) is 0 Å². The van der Waals surface area contributed by atoms with Gasteiger partial charge in [0.1, 0.15) is 5.60 Å². The predicted molar refractivity (Wildman–Crippen MR) is 88.8 cm³/mol. The molecular formula is C19H23NO2. The molecular weight excluding hydrogens is 274 g/mol. The number of benzene rings is 2. The van der Waals surface area contributed by atoms with Gasteiger partial charge in [-0.2, -0.15) is 0 Å². The first-order valence-corrected chi connectivity index (χ1v) is 7.46. The average molecular weight is 297 g/mol. The number of hydrogen-bond acceptors (Lipinski definition) is 2. The van der Waals surface area contributed by atoms with Crippen molar-refractivity contribution < 1.29 is 9.53 Å². The molecule has 0 aliphatic carbocycles. The molecule has 2 aromatic rings. The normalized spacial score (nSPS) is 12.5. The van der Waals surface area contributed by atoms with Gasteiger partial charge in [0.2, 0.25) is 0 Å². The van der Waals surface area contributed by atoms with E-state index in [1.165, 1.54) is 0 Å². The summed E-state index contributed by atoms with van der Waals surface area (Å²) >= 11 is 0. The fourth-order valence-electron chi connectivity index (χ4n) is 2.28. The van der Waals surface area contributed by atoms with Crippen LogP contribution in [0.2, 0.25) is 0 Å². The first kappa shape index (κ1) is 16.1. The van der Waals surface area contributed by atoms with Gasteiger partial charge in [0.25, 0.3) is 0 Å². The predicted octanol–water partition coefficient (Wildman–Crippen LogP) is 4.61. The van der Waals surface area contributed by atoms with Crippen molar-refractivity contribution in [2.75, 3.05) is 0 Å². The maximum atomic E-state index is 12.2. The summed E-state index contributed by atoms with van der Waals surface area (Å²) in [7, 11) is 0. The van der Waals surface area contributed by atoms with Crippen molar-refractivity contribution in [3.8, 4) is 0 Å². The van der Waals surface area contributed by atoms with E-state index in [0.717, 1.165) is 16.7 Å². The van der Waals surface area contributed by atoms with Crippen molar-refractivity contribution in [2.24, 2.45) is 0 Å². The molecule has 0 aromatic heterocycles. The molecule has 2 rings (SSSR count). The van der Waals surface area contributed by atoms with Gasteiger partial charge < -0.3 is 10.1 Å². The maximum Gasteiger partial charge on any atom is 0.408 e. The summed E-state index contributed by atoms with van der Waals surface area (Å²) in [6.45, 7) is 7.61. The average Bonchev–Trinajstić information content (AvgIpc) is 2.44. The molecule has 0 unspecified atom stereocenters. The number of carbonyl (C=O) groups excluding carboxylic acids is 1. The quantitative estimate of drug-likeness (QED) is 0.898. The van der Waals surface area contributed by atoms with Gasteiger partial charge >= 0.3 is 6.09 Å². The molecule has 0 radical (unpaired) electrons. The molecule has 1 atom stereocenters. The molecule has 0 saturated heterocycles. The highest BCUT2D eigenvalue weighted by Gasteiger charge is 2.21. The van der Waals surface area contributed by atoms with Gasteiger partial charge in [0.15, 0.2) is 0 Å². The summed E-state index contributed by atoms with van der Waals surface area (Å²) in [5.74, 6) is 0. The second-order valence-electron chi connectivity index (χ2n) is 6.40. The highest BCUT2D eigenvalue weighted by molar-refractivity contribution is 5.69. The molecule has 1 N–H and O–H groups in total. The van der Waals surface area contributed by atoms with Crippen molar-refractivity contribution in [1.82, 2.24) is 5.32 Å². The minimum Gasteiger partial charge on any atom is -0.444 e. The summed E-state index contributed by atoms with van der Waals surface area (Å²) < 4.78 is 5.39. The Morgan fingerprint density at radius 3 is 2.23 bits per heavy atom. The van der Waals surface area contributed by atoms with E-state index < -0.39 is 11.7 Å². The molecule has 2 aromatic carbocycles. The van der Waals surface area contributed by atoms with E-state index in [1.54, 1.807) is 0 Å². The number of rotatable bonds is 3. The Morgan fingerprint density at radius 2 is 1.64 bits per heavy atom. The second kappa shape index (κ2) is 6.65. The smallest absolute Gasteiger partial charge is 0.408 e. The van der Waals surface area contributed by atoms with Crippen molar-refractivity contribution in [3.05, 3.63) is 71.3 Å². The Morgan fingerprint density at radius 1 is 1.00 bits per heavy atom. The molecule has 116 valence electrons. The summed E-state index contributed by atoms with van der Waals surface area (Å²) in [5, 5.41) is 2.97. The van der Waals surface area contributed by atoms with E-state index in [-0.39, 0.29) is 6.04 Å². The zero-order valence-electron chi connectivity index (χ0n) is 13.6. The molecule has 3 nitrogen and oxygen atoms in total. The first-order valence-electron chi connectivity index (χ1n) is 7.46. The van der Waals surface area contributed by atoms with Gasteiger partial charge in [-0.25, -0.2) is 4.79 Å². The van der Waals surface area contributed by atoms with Gasteiger partial charge in [-0.05, 0) is 38.8 Å². The second-order valence-corrected chi connectivity index (χ2v) is 6.40. The third-order valence-electron chi connectivity index (χ3n) is 3.17. The van der Waals surface area contributed by atoms with Crippen LogP contribution in [0.3, 0.4) is 0 Å². The van der Waals surface area contributed by atoms with Crippen molar-refractivity contribution in [2.45, 2.75) is 39.3 Å². The zero-order valence-corrected chi connectivity index (χ0v) is 13.6. The lowest BCUT2D eigenvalue weighted by atomic mass is 9.97. The van der Waals surface area contributed by atoms with Gasteiger partial charge in [0.05, 0.1) is 6.04 Å². The van der Waals surface area contributed by atoms with E-state index in [0.29, 0.717) is 0 Å². The third-order valence-corrected chi connectivity index (χ3v) is 3.17. The monoisotopic (exact) mass is 297 g/mol. The van der Waals surface area contributed by atoms with Crippen LogP contribution in [-0.4, -0.2) is 11.7 Å². The molecule has 22 heavy (non-hydrogen) atoms. The minimum atomic E-state index is -0.516. The van der Waals surface area contributed by atoms with Crippen LogP contribution in [0.5, 0.6) is 0 Å². The number of amides is 1. The highest BCUT2D eigenvalue weighted by atomic mass is 16.6. The summed E-state index contributed by atoms with van der Waals surface area (Å²) in [4.78, 5) is 12.2. The van der Waals surface area contributed by atoms with Crippen molar-refractivity contribution in [1.29, 1.82) is 0 Å². The Bertz CT molecular complexity index is 629. The van der Waals surface area contributed by atoms with Crippen LogP contribution in [0.15, 0.2) is 54.6 Å². The molecule has 1 amide bonds. The van der Waals surface area contributed by atoms with Gasteiger partial charge in [0, 0.05) is 0 Å². The first-order chi connectivity index (χ1) is 10.3. The largest absolute Gasteiger partial charge is 0.444 e. The SMILES string of the molecule is Cc1cccc([C@H](NC(=O)OC(C)(C)C)c2ccccc2)c1. The van der Waals surface area contributed by atoms with Gasteiger partial charge in [-0.15, -0.1) is 0 Å². The maximum absolute atomic E-state index is 12.2. The molecule has 0 aliphatic rings. The molecule has 3 heteroatoms. The fraction of sp³-hybridized carbons (Fsp3) is 0.316. The van der Waals surface area contributed by atoms with Crippen molar-refractivity contribution in [3.63, 3.8) is 0 Å². The van der Waals surface area contributed by atoms with Gasteiger partial charge in [-0.1, -0.05) is 60.2 Å². The number of hydrogen-bond donors (Lipinski definition) is 1. The minimum absolute atomic E-state index is 0.226. The lowest BCUT2D eigenvalue weighted by molar-refractivity contribution is 0.0512. The number of carbonyl (C=O) groups is 1. The van der Waals surface area contributed by atoms with Crippen LogP contribution < -0.4 is 5.32 Å². The molecule has 0 spiro atoms. The highest BCUT2D eigenvalue weighted by Crippen LogP contribution is 2.23. The molecule has 0 fully saturated rings. The van der Waals surface area contributed by atoms with Crippen LogP contribution in [0.25, 0.3) is 0 Å². The van der Waals surface area contributed by atoms with Crippen molar-refractivity contribution >= 4 is 6.09 Å². The van der Waals surface area contributed by atoms with E-state index in [9.17, 15) is 4.79 Å². The Hall–Kier alpha value is -2.29. The topological polar surface area (TPSA) is 38.3 Å². The zero-order chi connectivity index (χ0) is 16.2. The molecule has 0 heterocycles. The van der Waals surface area contributed by atoms with Crippen LogP contribution in [0.4, 0.5) is 4.79 Å². The van der Waals surface area contributed by atoms with Crippen LogP contribution in [0, 0.1) is 6.92 Å². The standard InChI is InChI=1S/C19H23NO2/c1-14-9-8-12-16(13-14)17(15-10-6-5-7-11-15)20-18(21)22-19(2,3)4/h5-13,17H,1-4H3,(H,20,21)/t17-/m1/s1. The van der Waals surface area contributed by atoms with Crippen LogP contribution in [0.1, 0.15) is 43.5 Å². The summed E-state index contributed by atoms with van der Waals surface area (Å²) in [6.07, 6.45) is -0.414. The third kappa shape index (κ3) is 4.62. The lowest BCUT2D eigenvalue weighted by Gasteiger charge is -2.24. The number of nitrogens with one attached hydrogen (secondary N) is 1. The molecule has 0 bridgehead atoms. The van der Waals surface area contributed by atoms with E-state index in [1.807, 2.05) is 76.2 Å². The van der Waals surface area contributed by atoms with E-state index in [2.05, 4.69) is 11.4 Å². The van der Waals surface area contributed by atoms with E-state index >= 15 is 0 Å². The summed E-state index contributed by atoms with van der Waals surface area (Å²) in [6, 6.07) is 17.8. The number of alkyl carbamates (subject to hydrolysis) is 1. The fourth-order valence-corrected chi connectivity index (χ4v) is 2.28. The van der Waals surface area contributed by atoms with Crippen LogP contribution in [-0.2, 0) is 4.74 Å². The lowest BCUT2D eigenvalue weighted by Crippen LogP contribution is -2.35. The Balaban J connectivity index is 2.29.